The van der Waals surface area contributed by atoms with E-state index in [0.29, 0.717) is 41.6 Å². The highest BCUT2D eigenvalue weighted by molar-refractivity contribution is 14.1. The zero-order valence-electron chi connectivity index (χ0n) is 20.0. The van der Waals surface area contributed by atoms with Crippen molar-refractivity contribution in [3.05, 3.63) is 93.1 Å². The Morgan fingerprint density at radius 1 is 1.06 bits per heavy atom. The average molecular weight is 595 g/mol. The van der Waals surface area contributed by atoms with Crippen molar-refractivity contribution in [2.45, 2.75) is 20.4 Å². The molecule has 0 aromatic heterocycles. The summed E-state index contributed by atoms with van der Waals surface area (Å²) >= 11 is 2.15. The van der Waals surface area contributed by atoms with Crippen molar-refractivity contribution in [2.75, 3.05) is 18.2 Å². The number of hydrogen-bond acceptors (Lipinski definition) is 5. The average Bonchev–Trinajstić information content (AvgIpc) is 3.16. The lowest BCUT2D eigenvalue weighted by molar-refractivity contribution is -0.123. The molecule has 7 nitrogen and oxygen atoms in total. The first kappa shape index (κ1) is 25.4. The monoisotopic (exact) mass is 595 g/mol. The maximum Gasteiger partial charge on any atom is 0.280 e. The first-order valence-electron chi connectivity index (χ1n) is 11.5. The smallest absolute Gasteiger partial charge is 0.280 e. The number of carbonyl (C=O) groups is 2. The molecule has 2 amide bonds. The number of anilines is 1. The number of rotatable bonds is 9. The SMILES string of the molecule is CCOc1cc(/C=C2/C(=O)N(c3ccccc3)N=C2C)cc(I)c1OCC(=O)NCc1ccccc1. The normalized spacial score (nSPS) is 14.1. The van der Waals surface area contributed by atoms with E-state index in [1.165, 1.54) is 5.01 Å². The molecule has 0 unspecified atom stereocenters. The maximum atomic E-state index is 13.1. The number of carbonyl (C=O) groups excluding carboxylic acids is 2. The third kappa shape index (κ3) is 6.12. The van der Waals surface area contributed by atoms with Crippen molar-refractivity contribution in [3.63, 3.8) is 0 Å². The zero-order valence-corrected chi connectivity index (χ0v) is 22.2. The Labute approximate surface area is 223 Å². The number of para-hydroxylation sites is 1. The van der Waals surface area contributed by atoms with E-state index in [1.807, 2.05) is 86.6 Å². The molecule has 0 bridgehead atoms. The molecule has 36 heavy (non-hydrogen) atoms. The fourth-order valence-corrected chi connectivity index (χ4v) is 4.44. The minimum absolute atomic E-state index is 0.139. The lowest BCUT2D eigenvalue weighted by atomic mass is 10.1. The first-order valence-corrected chi connectivity index (χ1v) is 12.6. The molecule has 1 heterocycles. The highest BCUT2D eigenvalue weighted by atomic mass is 127. The molecule has 1 aliphatic heterocycles. The van der Waals surface area contributed by atoms with Gasteiger partial charge in [-0.2, -0.15) is 10.1 Å². The summed E-state index contributed by atoms with van der Waals surface area (Å²) in [6.45, 7) is 4.41. The summed E-state index contributed by atoms with van der Waals surface area (Å²) in [6, 6.07) is 22.7. The Morgan fingerprint density at radius 3 is 2.44 bits per heavy atom. The molecular formula is C28H26IN3O4. The summed E-state index contributed by atoms with van der Waals surface area (Å²) in [5.74, 6) is 0.574. The van der Waals surface area contributed by atoms with Gasteiger partial charge in [0.05, 0.1) is 27.1 Å². The van der Waals surface area contributed by atoms with Crippen molar-refractivity contribution < 1.29 is 19.1 Å². The van der Waals surface area contributed by atoms with Crippen molar-refractivity contribution in [1.82, 2.24) is 5.32 Å². The van der Waals surface area contributed by atoms with Crippen LogP contribution in [0.25, 0.3) is 6.08 Å². The quantitative estimate of drug-likeness (QED) is 0.273. The predicted molar refractivity (Wildman–Crippen MR) is 149 cm³/mol. The van der Waals surface area contributed by atoms with Gasteiger partial charge in [-0.05, 0) is 77.9 Å². The van der Waals surface area contributed by atoms with E-state index in [0.717, 1.165) is 14.7 Å². The Hall–Kier alpha value is -3.66. The van der Waals surface area contributed by atoms with Crippen LogP contribution >= 0.6 is 22.6 Å². The van der Waals surface area contributed by atoms with Crippen LogP contribution in [-0.2, 0) is 16.1 Å². The van der Waals surface area contributed by atoms with Crippen LogP contribution in [0.3, 0.4) is 0 Å². The van der Waals surface area contributed by atoms with Crippen LogP contribution in [0.15, 0.2) is 83.5 Å². The lowest BCUT2D eigenvalue weighted by Crippen LogP contribution is -2.28. The summed E-state index contributed by atoms with van der Waals surface area (Å²) in [5, 5.41) is 8.69. The number of hydrogen-bond donors (Lipinski definition) is 1. The van der Waals surface area contributed by atoms with Gasteiger partial charge in [0.25, 0.3) is 11.8 Å². The van der Waals surface area contributed by atoms with Crippen molar-refractivity contribution in [1.29, 1.82) is 0 Å². The molecule has 1 aliphatic rings. The Morgan fingerprint density at radius 2 is 1.75 bits per heavy atom. The molecule has 0 fully saturated rings. The summed E-state index contributed by atoms with van der Waals surface area (Å²) in [5.41, 5.74) is 3.64. The van der Waals surface area contributed by atoms with Crippen molar-refractivity contribution >= 4 is 51.9 Å². The molecule has 0 atom stereocenters. The van der Waals surface area contributed by atoms with E-state index in [-0.39, 0.29) is 18.4 Å². The molecule has 0 saturated carbocycles. The van der Waals surface area contributed by atoms with Gasteiger partial charge in [-0.3, -0.25) is 9.59 Å². The topological polar surface area (TPSA) is 80.2 Å². The van der Waals surface area contributed by atoms with E-state index < -0.39 is 0 Å². The van der Waals surface area contributed by atoms with Crippen LogP contribution < -0.4 is 19.8 Å². The van der Waals surface area contributed by atoms with E-state index in [2.05, 4.69) is 33.0 Å². The standard InChI is InChI=1S/C28H26IN3O4/c1-3-35-25-16-21(14-23-19(2)31-32(28(23)34)22-12-8-5-9-13-22)15-24(29)27(25)36-18-26(33)30-17-20-10-6-4-7-11-20/h4-16H,3,17-18H2,1-2H3,(H,30,33)/b23-14+. The van der Waals surface area contributed by atoms with Gasteiger partial charge in [0.1, 0.15) is 0 Å². The molecule has 0 radical (unpaired) electrons. The van der Waals surface area contributed by atoms with Crippen LogP contribution in [0, 0.1) is 3.57 Å². The molecule has 4 rings (SSSR count). The second-order valence-corrected chi connectivity index (χ2v) is 9.17. The molecule has 0 aliphatic carbocycles. The van der Waals surface area contributed by atoms with E-state index in [9.17, 15) is 9.59 Å². The molecule has 1 N–H and O–H groups in total. The van der Waals surface area contributed by atoms with Crippen LogP contribution in [-0.4, -0.2) is 30.7 Å². The molecule has 3 aromatic rings. The van der Waals surface area contributed by atoms with Gasteiger partial charge in [-0.15, -0.1) is 0 Å². The van der Waals surface area contributed by atoms with E-state index in [1.54, 1.807) is 6.08 Å². The maximum absolute atomic E-state index is 13.1. The lowest BCUT2D eigenvalue weighted by Gasteiger charge is -2.15. The van der Waals surface area contributed by atoms with Gasteiger partial charge in [-0.1, -0.05) is 48.5 Å². The number of hydrazone groups is 1. The first-order chi connectivity index (χ1) is 17.5. The Kier molecular flexibility index (Phi) is 8.37. The minimum Gasteiger partial charge on any atom is -0.490 e. The number of amides is 2. The van der Waals surface area contributed by atoms with Crippen molar-refractivity contribution in [3.8, 4) is 11.5 Å². The van der Waals surface area contributed by atoms with E-state index >= 15 is 0 Å². The zero-order chi connectivity index (χ0) is 25.5. The molecule has 3 aromatic carbocycles. The number of ether oxygens (including phenoxy) is 2. The third-order valence-corrected chi connectivity index (χ3v) is 6.19. The van der Waals surface area contributed by atoms with E-state index in [4.69, 9.17) is 9.47 Å². The number of benzene rings is 3. The number of nitrogens with one attached hydrogen (secondary N) is 1. The Bertz CT molecular complexity index is 1310. The molecule has 0 saturated heterocycles. The number of halogens is 1. The van der Waals surface area contributed by atoms with Gasteiger partial charge < -0.3 is 14.8 Å². The number of nitrogens with zero attached hydrogens (tertiary/aromatic N) is 2. The van der Waals surface area contributed by atoms with Gasteiger partial charge >= 0.3 is 0 Å². The Balaban J connectivity index is 1.49. The van der Waals surface area contributed by atoms with Gasteiger partial charge in [0.2, 0.25) is 0 Å². The minimum atomic E-state index is -0.229. The predicted octanol–water partition coefficient (Wildman–Crippen LogP) is 5.19. The molecule has 184 valence electrons. The fourth-order valence-electron chi connectivity index (χ4n) is 3.65. The summed E-state index contributed by atoms with van der Waals surface area (Å²) in [4.78, 5) is 25.4. The third-order valence-electron chi connectivity index (χ3n) is 5.39. The second-order valence-electron chi connectivity index (χ2n) is 8.01. The summed E-state index contributed by atoms with van der Waals surface area (Å²) in [7, 11) is 0. The van der Waals surface area contributed by atoms with Gasteiger partial charge in [0.15, 0.2) is 18.1 Å². The van der Waals surface area contributed by atoms with Crippen molar-refractivity contribution in [2.24, 2.45) is 5.10 Å². The fraction of sp³-hybridized carbons (Fsp3) is 0.179. The summed E-state index contributed by atoms with van der Waals surface area (Å²) in [6.07, 6.45) is 1.80. The van der Waals surface area contributed by atoms with Gasteiger partial charge in [0, 0.05) is 6.54 Å². The summed E-state index contributed by atoms with van der Waals surface area (Å²) < 4.78 is 12.4. The second kappa shape index (κ2) is 11.9. The molecule has 0 spiro atoms. The molecular weight excluding hydrogens is 569 g/mol. The van der Waals surface area contributed by atoms with Crippen LogP contribution in [0.5, 0.6) is 11.5 Å². The van der Waals surface area contributed by atoms with Crippen LogP contribution in [0.2, 0.25) is 0 Å². The molecule has 8 heteroatoms. The highest BCUT2D eigenvalue weighted by Gasteiger charge is 2.28. The van der Waals surface area contributed by atoms with Crippen LogP contribution in [0.4, 0.5) is 5.69 Å². The van der Waals surface area contributed by atoms with Crippen LogP contribution in [0.1, 0.15) is 25.0 Å². The largest absolute Gasteiger partial charge is 0.490 e. The highest BCUT2D eigenvalue weighted by Crippen LogP contribution is 2.35. The van der Waals surface area contributed by atoms with Gasteiger partial charge in [-0.25, -0.2) is 0 Å².